The molecule has 0 aliphatic heterocycles. The first-order valence-electron chi connectivity index (χ1n) is 16.9. The Labute approximate surface area is 294 Å². The van der Waals surface area contributed by atoms with Crippen molar-refractivity contribution in [2.45, 2.75) is 118 Å². The molecule has 5 aliphatic rings. The fourth-order valence-electron chi connectivity index (χ4n) is 10.2. The van der Waals surface area contributed by atoms with Crippen LogP contribution in [0.3, 0.4) is 0 Å². The molecule has 1 aromatic carbocycles. The van der Waals surface area contributed by atoms with E-state index < -0.39 is 23.2 Å². The molecule has 238 valence electrons. The Morgan fingerprint density at radius 3 is 2.18 bits per heavy atom. The average molecular weight is 711 g/mol. The maximum Gasteiger partial charge on any atom is -1.00 e. The van der Waals surface area contributed by atoms with Crippen molar-refractivity contribution in [1.82, 2.24) is 0 Å². The maximum absolute atomic E-state index is 2.79. The summed E-state index contributed by atoms with van der Waals surface area (Å²) in [5, 5.41) is 0. The molecule has 4 unspecified atom stereocenters. The molecule has 0 nitrogen and oxygen atoms in total. The first kappa shape index (κ1) is 36.2. The first-order valence-corrected chi connectivity index (χ1v) is 19.4. The third kappa shape index (κ3) is 4.58. The van der Waals surface area contributed by atoms with E-state index in [2.05, 4.69) is 132 Å². The van der Waals surface area contributed by atoms with Crippen molar-refractivity contribution in [3.63, 3.8) is 0 Å². The molecule has 5 aliphatic carbocycles. The van der Waals surface area contributed by atoms with Gasteiger partial charge in [0.25, 0.3) is 0 Å². The van der Waals surface area contributed by atoms with Gasteiger partial charge in [-0.1, -0.05) is 0 Å². The molecule has 0 N–H and O–H groups in total. The predicted octanol–water partition coefficient (Wildman–Crippen LogP) is 5.93. The summed E-state index contributed by atoms with van der Waals surface area (Å²) in [5.41, 5.74) is 12.4. The van der Waals surface area contributed by atoms with E-state index in [1.54, 1.807) is 27.9 Å². The Morgan fingerprint density at radius 1 is 0.886 bits per heavy atom. The van der Waals surface area contributed by atoms with Crippen LogP contribution in [0.2, 0.25) is 3.12 Å². The Balaban J connectivity index is 0.00000221. The Morgan fingerprint density at radius 2 is 1.55 bits per heavy atom. The monoisotopic (exact) mass is 708 g/mol. The summed E-state index contributed by atoms with van der Waals surface area (Å²) >= 11 is -1.10. The maximum atomic E-state index is 2.79. The number of hydrogen-bond donors (Lipinski definition) is 0. The Bertz CT molecular complexity index is 1490. The van der Waals surface area contributed by atoms with Gasteiger partial charge >= 0.3 is 271 Å². The average Bonchev–Trinajstić information content (AvgIpc) is 3.49. The quantitative estimate of drug-likeness (QED) is 0.364. The molecule has 0 bridgehead atoms. The van der Waals surface area contributed by atoms with E-state index >= 15 is 0 Å². The van der Waals surface area contributed by atoms with Crippen molar-refractivity contribution in [2.24, 2.45) is 38.9 Å². The summed E-state index contributed by atoms with van der Waals surface area (Å²) < 4.78 is 2.07. The van der Waals surface area contributed by atoms with Crippen LogP contribution in [-0.4, -0.2) is 0 Å². The van der Waals surface area contributed by atoms with Gasteiger partial charge in [-0.05, 0) is 0 Å². The Hall–Kier alpha value is -0.617. The molecule has 0 saturated heterocycles. The van der Waals surface area contributed by atoms with Crippen molar-refractivity contribution in [2.75, 3.05) is 0 Å². The minimum atomic E-state index is -1.10. The number of allylic oxidation sites excluding steroid dienone is 10. The van der Waals surface area contributed by atoms with Crippen LogP contribution >= 0.6 is 0 Å². The van der Waals surface area contributed by atoms with Crippen molar-refractivity contribution in [3.8, 4) is 0 Å². The number of rotatable bonds is 4. The van der Waals surface area contributed by atoms with Crippen LogP contribution in [0.25, 0.3) is 5.57 Å². The van der Waals surface area contributed by atoms with Gasteiger partial charge in [0.05, 0.1) is 0 Å². The second-order valence-corrected chi connectivity index (χ2v) is 21.7. The van der Waals surface area contributed by atoms with Gasteiger partial charge in [0.1, 0.15) is 0 Å². The third-order valence-corrected chi connectivity index (χ3v) is 19.5. The van der Waals surface area contributed by atoms with Crippen molar-refractivity contribution >= 4 is 5.57 Å². The van der Waals surface area contributed by atoms with E-state index in [0.29, 0.717) is 11.8 Å². The molecule has 0 heterocycles. The number of benzene rings is 1. The SMILES string of the molecule is CCCC1C=C(C(C)(C)C)C=[C]1[Zr+2][C]1(C)C2=C3Cc4ccccc4C3=C3C=CCCC3C2(C)C(C)(C)C(C)(C)C1(C)C.[Cl-].[Cl-]. The molecule has 0 amide bonds. The first-order chi connectivity index (χ1) is 19.4. The molecule has 44 heavy (non-hydrogen) atoms. The minimum Gasteiger partial charge on any atom is -1.00 e. The molecule has 1 fully saturated rings. The summed E-state index contributed by atoms with van der Waals surface area (Å²) in [4.78, 5) is 0. The van der Waals surface area contributed by atoms with E-state index in [9.17, 15) is 0 Å². The summed E-state index contributed by atoms with van der Waals surface area (Å²) in [6.07, 6.45) is 16.6. The van der Waals surface area contributed by atoms with E-state index in [1.165, 1.54) is 31.2 Å². The minimum absolute atomic E-state index is 0. The number of halogens is 2. The van der Waals surface area contributed by atoms with Gasteiger partial charge in [-0.3, -0.25) is 0 Å². The van der Waals surface area contributed by atoms with Crippen LogP contribution in [0.5, 0.6) is 0 Å². The molecule has 1 saturated carbocycles. The van der Waals surface area contributed by atoms with Crippen molar-refractivity contribution < 1.29 is 48.0 Å². The standard InChI is InChI=1S/C29H37.C12H19.2ClH.Zr/c1-18-25-22-17-19-13-9-10-14-20(19)24(22)21-15-11-12-16-23(21)29(25,8)28(6,7)27(4,5)26(18,2)3;1-5-6-10-7-8-11(9-10)12(2,3)4;;;/h9-11,13-15,23H,12,16-17H2,1-8H3;8-10H,5-6H2,1-4H3;2*1H;/q;;;;+2/p-2. The van der Waals surface area contributed by atoms with E-state index in [0.717, 1.165) is 6.42 Å². The van der Waals surface area contributed by atoms with Crippen LogP contribution in [0.4, 0.5) is 0 Å². The summed E-state index contributed by atoms with van der Waals surface area (Å²) in [5.74, 6) is 1.23. The second kappa shape index (κ2) is 11.5. The van der Waals surface area contributed by atoms with Gasteiger partial charge < -0.3 is 24.8 Å². The summed E-state index contributed by atoms with van der Waals surface area (Å²) in [6, 6.07) is 9.40. The van der Waals surface area contributed by atoms with E-state index in [1.807, 2.05) is 8.85 Å². The topological polar surface area (TPSA) is 0 Å². The molecule has 1 aromatic rings. The van der Waals surface area contributed by atoms with Crippen LogP contribution in [0.1, 0.15) is 120 Å². The molecule has 0 spiro atoms. The molecule has 0 radical (unpaired) electrons. The molecular weight excluding hydrogens is 655 g/mol. The van der Waals surface area contributed by atoms with Crippen LogP contribution in [0, 0.1) is 38.9 Å². The van der Waals surface area contributed by atoms with Gasteiger partial charge in [-0.15, -0.1) is 0 Å². The predicted molar refractivity (Wildman–Crippen MR) is 178 cm³/mol. The van der Waals surface area contributed by atoms with Crippen LogP contribution < -0.4 is 24.8 Å². The molecule has 6 rings (SSSR count). The zero-order chi connectivity index (χ0) is 30.7. The fraction of sp³-hybridized carbons (Fsp3) is 0.610. The van der Waals surface area contributed by atoms with Crippen molar-refractivity contribution in [1.29, 1.82) is 0 Å². The van der Waals surface area contributed by atoms with Gasteiger partial charge in [0.2, 0.25) is 0 Å². The third-order valence-electron chi connectivity index (χ3n) is 14.2. The number of fused-ring (bicyclic) bond motifs is 6. The molecule has 3 heteroatoms. The molecule has 4 atom stereocenters. The van der Waals surface area contributed by atoms with E-state index in [4.69, 9.17) is 0 Å². The van der Waals surface area contributed by atoms with E-state index in [-0.39, 0.29) is 55.0 Å². The second-order valence-electron chi connectivity index (χ2n) is 17.2. The largest absolute Gasteiger partial charge is 1.00 e. The van der Waals surface area contributed by atoms with Gasteiger partial charge in [0, 0.05) is 0 Å². The summed E-state index contributed by atoms with van der Waals surface area (Å²) in [7, 11) is 0. The number of hydrogen-bond acceptors (Lipinski definition) is 0. The molecule has 0 aromatic heterocycles. The van der Waals surface area contributed by atoms with Crippen LogP contribution in [-0.2, 0) is 29.7 Å². The van der Waals surface area contributed by atoms with Gasteiger partial charge in [0.15, 0.2) is 0 Å². The molecular formula is C41H56Cl2Zr. The zero-order valence-corrected chi connectivity index (χ0v) is 33.5. The van der Waals surface area contributed by atoms with Gasteiger partial charge in [-0.25, -0.2) is 0 Å². The van der Waals surface area contributed by atoms with Gasteiger partial charge in [-0.2, -0.15) is 0 Å². The van der Waals surface area contributed by atoms with Crippen molar-refractivity contribution in [3.05, 3.63) is 85.3 Å². The Kier molecular flexibility index (Phi) is 9.48. The van der Waals surface area contributed by atoms with Crippen LogP contribution in [0.15, 0.2) is 74.1 Å². The normalized spacial score (nSPS) is 32.3. The smallest absolute Gasteiger partial charge is 1.00 e. The zero-order valence-electron chi connectivity index (χ0n) is 29.6. The fourth-order valence-corrected chi connectivity index (χ4v) is 16.1. The summed E-state index contributed by atoms with van der Waals surface area (Å²) in [6.45, 7) is 31.2.